The summed E-state index contributed by atoms with van der Waals surface area (Å²) in [6.07, 6.45) is 1.17. The predicted octanol–water partition coefficient (Wildman–Crippen LogP) is 2.57. The van der Waals surface area contributed by atoms with E-state index in [1.807, 2.05) is 0 Å². The molecule has 0 unspecified atom stereocenters. The highest BCUT2D eigenvalue weighted by atomic mass is 19.2. The van der Waals surface area contributed by atoms with Crippen molar-refractivity contribution < 1.29 is 18.3 Å². The first-order chi connectivity index (χ1) is 9.30. The normalized spacial score (nSPS) is 11.7. The van der Waals surface area contributed by atoms with Crippen molar-refractivity contribution in [2.75, 3.05) is 13.7 Å². The molecule has 20 heavy (non-hydrogen) atoms. The second-order valence-corrected chi connectivity index (χ2v) is 4.69. The number of hydrogen-bond acceptors (Lipinski definition) is 4. The molecule has 0 spiro atoms. The Balaban J connectivity index is 2.89. The fraction of sp³-hybridized carbons (Fsp3) is 0.429. The number of likely N-dealkylation sites (N-methyl/N-ethyl adjacent to an activating group) is 1. The summed E-state index contributed by atoms with van der Waals surface area (Å²) in [5.41, 5.74) is -0.993. The Morgan fingerprint density at radius 1 is 1.45 bits per heavy atom. The molecular formula is C14H18F2N2O2. The van der Waals surface area contributed by atoms with E-state index in [1.54, 1.807) is 27.8 Å². The number of hydrogen-bond donors (Lipinski definition) is 0. The van der Waals surface area contributed by atoms with E-state index < -0.39 is 23.1 Å². The maximum atomic E-state index is 13.5. The molecule has 0 aromatic heterocycles. The lowest BCUT2D eigenvalue weighted by Crippen LogP contribution is -2.46. The molecule has 0 amide bonds. The monoisotopic (exact) mass is 284 g/mol. The third-order valence-electron chi connectivity index (χ3n) is 2.94. The zero-order valence-electron chi connectivity index (χ0n) is 12.0. The van der Waals surface area contributed by atoms with Crippen LogP contribution in [0.3, 0.4) is 0 Å². The Labute approximate surface area is 117 Å². The van der Waals surface area contributed by atoms with Crippen LogP contribution in [0.25, 0.3) is 0 Å². The second kappa shape index (κ2) is 6.45. The van der Waals surface area contributed by atoms with E-state index in [2.05, 4.69) is 5.10 Å². The summed E-state index contributed by atoms with van der Waals surface area (Å²) in [7, 11) is 1.56. The fourth-order valence-corrected chi connectivity index (χ4v) is 1.35. The van der Waals surface area contributed by atoms with Gasteiger partial charge in [-0.2, -0.15) is 5.10 Å². The van der Waals surface area contributed by atoms with Crippen molar-refractivity contribution in [2.24, 2.45) is 5.10 Å². The highest BCUT2D eigenvalue weighted by Gasteiger charge is 2.33. The Kier molecular flexibility index (Phi) is 5.19. The van der Waals surface area contributed by atoms with Gasteiger partial charge in [-0.3, -0.25) is 5.01 Å². The summed E-state index contributed by atoms with van der Waals surface area (Å²) in [5, 5.41) is 5.31. The standard InChI is InChI=1S/C14H18F2N2O2/c1-5-20-13(19)14(2,3)18(4)17-9-10-7-6-8-11(15)12(10)16/h6-9H,5H2,1-4H3. The molecule has 0 heterocycles. The molecule has 0 saturated heterocycles. The number of nitrogens with zero attached hydrogens (tertiary/aromatic N) is 2. The first kappa shape index (κ1) is 16.1. The minimum absolute atomic E-state index is 0.0107. The van der Waals surface area contributed by atoms with E-state index >= 15 is 0 Å². The van der Waals surface area contributed by atoms with Crippen LogP contribution < -0.4 is 0 Å². The fourth-order valence-electron chi connectivity index (χ4n) is 1.35. The molecule has 0 radical (unpaired) electrons. The van der Waals surface area contributed by atoms with Crippen molar-refractivity contribution >= 4 is 12.2 Å². The van der Waals surface area contributed by atoms with Gasteiger partial charge in [-0.25, -0.2) is 13.6 Å². The summed E-state index contributed by atoms with van der Waals surface area (Å²) in [5.74, 6) is -2.36. The van der Waals surface area contributed by atoms with Crippen LogP contribution in [0.4, 0.5) is 8.78 Å². The second-order valence-electron chi connectivity index (χ2n) is 4.69. The molecule has 4 nitrogen and oxygen atoms in total. The van der Waals surface area contributed by atoms with E-state index in [0.717, 1.165) is 6.07 Å². The van der Waals surface area contributed by atoms with Gasteiger partial charge in [0.25, 0.3) is 0 Å². The molecular weight excluding hydrogens is 266 g/mol. The van der Waals surface area contributed by atoms with E-state index in [0.29, 0.717) is 0 Å². The largest absolute Gasteiger partial charge is 0.464 e. The lowest BCUT2D eigenvalue weighted by molar-refractivity contribution is -0.154. The van der Waals surface area contributed by atoms with Crippen LogP contribution in [0.5, 0.6) is 0 Å². The summed E-state index contributed by atoms with van der Waals surface area (Å²) in [6.45, 7) is 5.23. The van der Waals surface area contributed by atoms with Crippen LogP contribution in [0, 0.1) is 11.6 Å². The minimum Gasteiger partial charge on any atom is -0.464 e. The molecule has 0 aliphatic carbocycles. The lowest BCUT2D eigenvalue weighted by atomic mass is 10.1. The summed E-state index contributed by atoms with van der Waals surface area (Å²) < 4.78 is 31.4. The zero-order chi connectivity index (χ0) is 15.3. The first-order valence-electron chi connectivity index (χ1n) is 6.19. The topological polar surface area (TPSA) is 41.9 Å². The average Bonchev–Trinajstić information content (AvgIpc) is 2.40. The number of carbonyl (C=O) groups is 1. The van der Waals surface area contributed by atoms with Gasteiger partial charge in [-0.15, -0.1) is 0 Å². The van der Waals surface area contributed by atoms with Crippen molar-refractivity contribution in [2.45, 2.75) is 26.3 Å². The number of esters is 1. The van der Waals surface area contributed by atoms with E-state index in [4.69, 9.17) is 4.74 Å². The predicted molar refractivity (Wildman–Crippen MR) is 72.4 cm³/mol. The van der Waals surface area contributed by atoms with Crippen LogP contribution in [0.2, 0.25) is 0 Å². The molecule has 0 bridgehead atoms. The van der Waals surface area contributed by atoms with Gasteiger partial charge in [0.15, 0.2) is 11.6 Å². The molecule has 110 valence electrons. The van der Waals surface area contributed by atoms with Crippen LogP contribution in [-0.2, 0) is 9.53 Å². The SMILES string of the molecule is CCOC(=O)C(C)(C)N(C)N=Cc1cccc(F)c1F. The maximum Gasteiger partial charge on any atom is 0.333 e. The van der Waals surface area contributed by atoms with Crippen molar-refractivity contribution in [3.63, 3.8) is 0 Å². The number of carbonyl (C=O) groups excluding carboxylic acids is 1. The Morgan fingerprint density at radius 3 is 2.70 bits per heavy atom. The number of halogens is 2. The molecule has 0 saturated carbocycles. The molecule has 1 aromatic rings. The van der Waals surface area contributed by atoms with Crippen LogP contribution in [-0.4, -0.2) is 36.4 Å². The van der Waals surface area contributed by atoms with Gasteiger partial charge >= 0.3 is 5.97 Å². The Morgan fingerprint density at radius 2 is 2.10 bits per heavy atom. The lowest BCUT2D eigenvalue weighted by Gasteiger charge is -2.30. The van der Waals surface area contributed by atoms with Crippen LogP contribution in [0.1, 0.15) is 26.3 Å². The maximum absolute atomic E-state index is 13.5. The van der Waals surface area contributed by atoms with Gasteiger partial charge < -0.3 is 4.74 Å². The molecule has 6 heteroatoms. The number of rotatable bonds is 5. The number of hydrazone groups is 1. The third-order valence-corrected chi connectivity index (χ3v) is 2.94. The average molecular weight is 284 g/mol. The Bertz CT molecular complexity index is 516. The van der Waals surface area contributed by atoms with E-state index in [9.17, 15) is 13.6 Å². The molecule has 0 atom stereocenters. The Hall–Kier alpha value is -1.98. The van der Waals surface area contributed by atoms with Gasteiger partial charge in [0, 0.05) is 12.6 Å². The van der Waals surface area contributed by atoms with E-state index in [1.165, 1.54) is 23.4 Å². The molecule has 0 fully saturated rings. The summed E-state index contributed by atoms with van der Waals surface area (Å²) >= 11 is 0. The molecule has 0 N–H and O–H groups in total. The third kappa shape index (κ3) is 3.53. The molecule has 1 aromatic carbocycles. The van der Waals surface area contributed by atoms with Gasteiger partial charge in [-0.1, -0.05) is 12.1 Å². The molecule has 0 aliphatic heterocycles. The van der Waals surface area contributed by atoms with Gasteiger partial charge in [0.1, 0.15) is 5.54 Å². The first-order valence-corrected chi connectivity index (χ1v) is 6.19. The smallest absolute Gasteiger partial charge is 0.333 e. The van der Waals surface area contributed by atoms with Crippen LogP contribution >= 0.6 is 0 Å². The van der Waals surface area contributed by atoms with Crippen LogP contribution in [0.15, 0.2) is 23.3 Å². The number of benzene rings is 1. The van der Waals surface area contributed by atoms with Gasteiger partial charge in [0.2, 0.25) is 0 Å². The van der Waals surface area contributed by atoms with Crippen molar-refractivity contribution in [3.8, 4) is 0 Å². The summed E-state index contributed by atoms with van der Waals surface area (Å²) in [6, 6.07) is 3.81. The molecule has 1 rings (SSSR count). The minimum atomic E-state index is -1.00. The highest BCUT2D eigenvalue weighted by molar-refractivity contribution is 5.82. The van der Waals surface area contributed by atoms with Gasteiger partial charge in [-0.05, 0) is 26.8 Å². The number of ether oxygens (including phenoxy) is 1. The van der Waals surface area contributed by atoms with Crippen molar-refractivity contribution in [1.29, 1.82) is 0 Å². The van der Waals surface area contributed by atoms with E-state index in [-0.39, 0.29) is 12.2 Å². The summed E-state index contributed by atoms with van der Waals surface area (Å²) in [4.78, 5) is 11.8. The quantitative estimate of drug-likeness (QED) is 0.474. The highest BCUT2D eigenvalue weighted by Crippen LogP contribution is 2.15. The molecule has 0 aliphatic rings. The zero-order valence-corrected chi connectivity index (χ0v) is 12.0. The van der Waals surface area contributed by atoms with Crippen molar-refractivity contribution in [1.82, 2.24) is 5.01 Å². The van der Waals surface area contributed by atoms with Gasteiger partial charge in [0.05, 0.1) is 12.8 Å². The van der Waals surface area contributed by atoms with Crippen molar-refractivity contribution in [3.05, 3.63) is 35.4 Å².